The van der Waals surface area contributed by atoms with Crippen LogP contribution in [0.25, 0.3) is 11.2 Å². The molecule has 1 N–H and O–H groups in total. The van der Waals surface area contributed by atoms with Crippen LogP contribution in [0.3, 0.4) is 0 Å². The fourth-order valence-electron chi connectivity index (χ4n) is 4.68. The van der Waals surface area contributed by atoms with Crippen LogP contribution in [0, 0.1) is 0 Å². The number of nitrogens with zero attached hydrogens (tertiary/aromatic N) is 6. The number of carbonyl (C=O) groups excluding carboxylic acids is 1. The predicted molar refractivity (Wildman–Crippen MR) is 137 cm³/mol. The summed E-state index contributed by atoms with van der Waals surface area (Å²) in [5.74, 6) is 0.826. The highest BCUT2D eigenvalue weighted by atomic mass is 16.5. The summed E-state index contributed by atoms with van der Waals surface area (Å²) in [6.07, 6.45) is 6.78. The average Bonchev–Trinajstić information content (AvgIpc) is 3.45. The second kappa shape index (κ2) is 10.5. The van der Waals surface area contributed by atoms with E-state index < -0.39 is 0 Å². The van der Waals surface area contributed by atoms with Crippen molar-refractivity contribution in [3.8, 4) is 5.75 Å². The maximum absolute atomic E-state index is 12.9. The number of hydrogen-bond donors (Lipinski definition) is 1. The normalized spacial score (nSPS) is 14.1. The van der Waals surface area contributed by atoms with Crippen molar-refractivity contribution in [2.45, 2.75) is 38.1 Å². The number of fused-ring (bicyclic) bond motifs is 1. The third-order valence-electron chi connectivity index (χ3n) is 6.66. The molecular weight excluding hydrogens is 446 g/mol. The summed E-state index contributed by atoms with van der Waals surface area (Å²) < 4.78 is 8.97. The van der Waals surface area contributed by atoms with Crippen molar-refractivity contribution in [2.24, 2.45) is 7.05 Å². The Kier molecular flexibility index (Phi) is 7.39. The highest BCUT2D eigenvalue weighted by molar-refractivity contribution is 5.95. The molecule has 0 unspecified atom stereocenters. The SMILES string of the molecule is COc1cc(C(=O)N(C)CCCN(C)C)ccc1Nc1ncc2c(n1)n(C1CCCC1)c(=O)n2C. The summed E-state index contributed by atoms with van der Waals surface area (Å²) in [5, 5.41) is 3.20. The summed E-state index contributed by atoms with van der Waals surface area (Å²) >= 11 is 0. The summed E-state index contributed by atoms with van der Waals surface area (Å²) in [7, 11) is 9.16. The lowest BCUT2D eigenvalue weighted by molar-refractivity contribution is 0.0790. The molecule has 1 aliphatic carbocycles. The Bertz CT molecular complexity index is 1260. The van der Waals surface area contributed by atoms with Gasteiger partial charge >= 0.3 is 5.69 Å². The van der Waals surface area contributed by atoms with Gasteiger partial charge in [0.25, 0.3) is 5.91 Å². The van der Waals surface area contributed by atoms with Crippen LogP contribution in [0.5, 0.6) is 5.75 Å². The van der Waals surface area contributed by atoms with Crippen molar-refractivity contribution in [2.75, 3.05) is 46.7 Å². The van der Waals surface area contributed by atoms with Crippen LogP contribution in [0.4, 0.5) is 11.6 Å². The second-order valence-electron chi connectivity index (χ2n) is 9.48. The molecule has 0 spiro atoms. The van der Waals surface area contributed by atoms with Crippen molar-refractivity contribution in [3.05, 3.63) is 40.4 Å². The van der Waals surface area contributed by atoms with Gasteiger partial charge in [-0.05, 0) is 58.1 Å². The molecule has 0 bridgehead atoms. The number of benzene rings is 1. The fourth-order valence-corrected chi connectivity index (χ4v) is 4.68. The largest absolute Gasteiger partial charge is 0.495 e. The van der Waals surface area contributed by atoms with Gasteiger partial charge in [-0.25, -0.2) is 9.78 Å². The van der Waals surface area contributed by atoms with Gasteiger partial charge in [0.05, 0.1) is 19.0 Å². The number of aryl methyl sites for hydroxylation is 1. The van der Waals surface area contributed by atoms with Gasteiger partial charge in [0, 0.05) is 32.2 Å². The number of imidazole rings is 1. The van der Waals surface area contributed by atoms with Gasteiger partial charge in [0.15, 0.2) is 5.65 Å². The zero-order valence-electron chi connectivity index (χ0n) is 21.2. The van der Waals surface area contributed by atoms with E-state index in [1.807, 2.05) is 21.1 Å². The highest BCUT2D eigenvalue weighted by Crippen LogP contribution is 2.32. The molecule has 10 nitrogen and oxygen atoms in total. The second-order valence-corrected chi connectivity index (χ2v) is 9.48. The summed E-state index contributed by atoms with van der Waals surface area (Å²) in [4.78, 5) is 38.7. The van der Waals surface area contributed by atoms with Crippen molar-refractivity contribution < 1.29 is 9.53 Å². The first-order chi connectivity index (χ1) is 16.8. The monoisotopic (exact) mass is 481 g/mol. The van der Waals surface area contributed by atoms with Gasteiger partial charge in [-0.1, -0.05) is 12.8 Å². The topological polar surface area (TPSA) is 97.5 Å². The molecule has 1 fully saturated rings. The van der Waals surface area contributed by atoms with E-state index in [1.165, 1.54) is 0 Å². The quantitative estimate of drug-likeness (QED) is 0.502. The Labute approximate surface area is 205 Å². The zero-order chi connectivity index (χ0) is 25.1. The van der Waals surface area contributed by atoms with Crippen LogP contribution >= 0.6 is 0 Å². The molecule has 1 aliphatic rings. The van der Waals surface area contributed by atoms with Crippen molar-refractivity contribution in [1.82, 2.24) is 28.9 Å². The molecule has 0 saturated heterocycles. The number of carbonyl (C=O) groups is 1. The van der Waals surface area contributed by atoms with E-state index in [4.69, 9.17) is 9.72 Å². The number of hydrogen-bond acceptors (Lipinski definition) is 7. The summed E-state index contributed by atoms with van der Waals surface area (Å²) in [5.41, 5.74) is 2.47. The van der Waals surface area contributed by atoms with Gasteiger partial charge in [-0.15, -0.1) is 0 Å². The molecule has 35 heavy (non-hydrogen) atoms. The maximum Gasteiger partial charge on any atom is 0.330 e. The lowest BCUT2D eigenvalue weighted by atomic mass is 10.1. The first-order valence-electron chi connectivity index (χ1n) is 12.1. The number of rotatable bonds is 9. The number of ether oxygens (including phenoxy) is 1. The lowest BCUT2D eigenvalue weighted by Gasteiger charge is -2.19. The van der Waals surface area contributed by atoms with Crippen LogP contribution in [0.15, 0.2) is 29.2 Å². The van der Waals surface area contributed by atoms with E-state index in [2.05, 4.69) is 15.2 Å². The molecule has 0 atom stereocenters. The lowest BCUT2D eigenvalue weighted by Crippen LogP contribution is -2.29. The molecule has 3 aromatic rings. The van der Waals surface area contributed by atoms with Gasteiger partial charge in [0.1, 0.15) is 11.3 Å². The number of methoxy groups -OCH3 is 1. The average molecular weight is 482 g/mol. The molecule has 1 aromatic carbocycles. The number of nitrogens with one attached hydrogen (secondary N) is 1. The van der Waals surface area contributed by atoms with Gasteiger partial charge in [-0.2, -0.15) is 4.98 Å². The minimum Gasteiger partial charge on any atom is -0.495 e. The van der Waals surface area contributed by atoms with Crippen molar-refractivity contribution in [1.29, 1.82) is 0 Å². The van der Waals surface area contributed by atoms with Crippen molar-refractivity contribution in [3.63, 3.8) is 0 Å². The highest BCUT2D eigenvalue weighted by Gasteiger charge is 2.24. The molecule has 1 saturated carbocycles. The molecule has 0 radical (unpaired) electrons. The maximum atomic E-state index is 12.9. The Balaban J connectivity index is 1.57. The molecule has 2 heterocycles. The fraction of sp³-hybridized carbons (Fsp3) is 0.520. The van der Waals surface area contributed by atoms with E-state index in [0.717, 1.165) is 38.6 Å². The van der Waals surface area contributed by atoms with E-state index in [9.17, 15) is 9.59 Å². The van der Waals surface area contributed by atoms with E-state index in [0.29, 0.717) is 40.7 Å². The third-order valence-corrected chi connectivity index (χ3v) is 6.66. The molecule has 188 valence electrons. The molecule has 10 heteroatoms. The third kappa shape index (κ3) is 5.17. The number of aromatic nitrogens is 4. The Morgan fingerprint density at radius 3 is 2.63 bits per heavy atom. The minimum atomic E-state index is -0.0616. The first-order valence-corrected chi connectivity index (χ1v) is 12.1. The Morgan fingerprint density at radius 1 is 1.20 bits per heavy atom. The van der Waals surface area contributed by atoms with Gasteiger partial charge in [-0.3, -0.25) is 13.9 Å². The van der Waals surface area contributed by atoms with Crippen LogP contribution in [0.1, 0.15) is 48.5 Å². The smallest absolute Gasteiger partial charge is 0.330 e. The van der Waals surface area contributed by atoms with Gasteiger partial charge in [0.2, 0.25) is 5.95 Å². The van der Waals surface area contributed by atoms with Gasteiger partial charge < -0.3 is 19.9 Å². The van der Waals surface area contributed by atoms with E-state index in [1.54, 1.807) is 52.6 Å². The molecular formula is C25H35N7O3. The predicted octanol–water partition coefficient (Wildman–Crippen LogP) is 3.02. The minimum absolute atomic E-state index is 0.0591. The molecule has 4 rings (SSSR count). The summed E-state index contributed by atoms with van der Waals surface area (Å²) in [6, 6.07) is 5.46. The Hall–Kier alpha value is -3.40. The molecule has 1 amide bonds. The van der Waals surface area contributed by atoms with Crippen LogP contribution in [-0.4, -0.2) is 76.2 Å². The first kappa shape index (κ1) is 24.7. The number of amides is 1. The standard InChI is InChI=1S/C25H35N7O3/c1-29(2)13-8-14-30(3)23(33)17-11-12-19(21(15-17)35-5)27-24-26-16-20-22(28-24)32(25(34)31(20)4)18-9-6-7-10-18/h11-12,15-16,18H,6-10,13-14H2,1-5H3,(H,26,27,28). The number of anilines is 2. The van der Waals surface area contributed by atoms with E-state index in [-0.39, 0.29) is 17.6 Å². The van der Waals surface area contributed by atoms with E-state index >= 15 is 0 Å². The van der Waals surface area contributed by atoms with Crippen LogP contribution < -0.4 is 15.7 Å². The zero-order valence-corrected chi connectivity index (χ0v) is 21.2. The van der Waals surface area contributed by atoms with Crippen LogP contribution in [0.2, 0.25) is 0 Å². The molecule has 0 aliphatic heterocycles. The van der Waals surface area contributed by atoms with Crippen LogP contribution in [-0.2, 0) is 7.05 Å². The molecule has 2 aromatic heterocycles. The Morgan fingerprint density at radius 2 is 1.94 bits per heavy atom. The summed E-state index contributed by atoms with van der Waals surface area (Å²) in [6.45, 7) is 1.59. The van der Waals surface area contributed by atoms with Crippen molar-refractivity contribution >= 4 is 28.7 Å².